The number of rotatable bonds is 9. The molecule has 0 aliphatic heterocycles. The molecular formula is C17H22F3NO2. The Kier molecular flexibility index (Phi) is 7.13. The minimum absolute atomic E-state index is 0.177. The minimum Gasteiger partial charge on any atom is -0.480 e. The van der Waals surface area contributed by atoms with Crippen LogP contribution in [0.25, 0.3) is 0 Å². The highest BCUT2D eigenvalue weighted by Crippen LogP contribution is 2.32. The first-order chi connectivity index (χ1) is 10.7. The van der Waals surface area contributed by atoms with Crippen LogP contribution in [0.4, 0.5) is 18.9 Å². The summed E-state index contributed by atoms with van der Waals surface area (Å²) in [6.45, 7) is 5.16. The van der Waals surface area contributed by atoms with E-state index >= 15 is 0 Å². The molecule has 1 atom stereocenters. The first-order valence-electron chi connectivity index (χ1n) is 7.53. The van der Waals surface area contributed by atoms with Crippen molar-refractivity contribution in [1.29, 1.82) is 0 Å². The Morgan fingerprint density at radius 3 is 2.57 bits per heavy atom. The topological polar surface area (TPSA) is 49.3 Å². The lowest BCUT2D eigenvalue weighted by molar-refractivity contribution is -0.138. The molecule has 0 aliphatic rings. The summed E-state index contributed by atoms with van der Waals surface area (Å²) in [5.74, 6) is -1.07. The number of allylic oxidation sites excluding steroid dienone is 1. The summed E-state index contributed by atoms with van der Waals surface area (Å²) in [6.07, 6.45) is 1.07. The van der Waals surface area contributed by atoms with Crippen molar-refractivity contribution in [2.75, 3.05) is 5.32 Å². The number of halogens is 3. The zero-order valence-electron chi connectivity index (χ0n) is 13.1. The van der Waals surface area contributed by atoms with Crippen LogP contribution < -0.4 is 5.32 Å². The Labute approximate surface area is 134 Å². The van der Waals surface area contributed by atoms with E-state index in [-0.39, 0.29) is 5.69 Å². The van der Waals surface area contributed by atoms with Crippen LogP contribution in [0.1, 0.15) is 43.2 Å². The molecule has 128 valence electrons. The Balaban J connectivity index is 2.74. The van der Waals surface area contributed by atoms with Gasteiger partial charge in [0.1, 0.15) is 6.04 Å². The van der Waals surface area contributed by atoms with Gasteiger partial charge in [-0.1, -0.05) is 18.9 Å². The molecule has 0 radical (unpaired) electrons. The fourth-order valence-corrected chi connectivity index (χ4v) is 2.30. The van der Waals surface area contributed by atoms with Gasteiger partial charge in [0.2, 0.25) is 0 Å². The molecule has 1 rings (SSSR count). The highest BCUT2D eigenvalue weighted by molar-refractivity contribution is 5.77. The van der Waals surface area contributed by atoms with E-state index in [2.05, 4.69) is 11.9 Å². The molecular weight excluding hydrogens is 307 g/mol. The number of nitrogens with one attached hydrogen (secondary N) is 1. The maximum atomic E-state index is 12.8. The van der Waals surface area contributed by atoms with Gasteiger partial charge in [0, 0.05) is 5.69 Å². The maximum absolute atomic E-state index is 12.8. The van der Waals surface area contributed by atoms with Crippen molar-refractivity contribution in [3.8, 4) is 0 Å². The van der Waals surface area contributed by atoms with Crippen LogP contribution in [-0.4, -0.2) is 17.1 Å². The lowest BCUT2D eigenvalue weighted by Gasteiger charge is -2.18. The molecule has 23 heavy (non-hydrogen) atoms. The molecule has 0 spiro atoms. The second-order valence-electron chi connectivity index (χ2n) is 5.55. The Morgan fingerprint density at radius 1 is 1.30 bits per heavy atom. The third-order valence-electron chi connectivity index (χ3n) is 3.44. The van der Waals surface area contributed by atoms with E-state index in [0.29, 0.717) is 18.4 Å². The SMILES string of the molecule is C=CCCCCCC(Nc1cc(C)cc(C(F)(F)F)c1)C(=O)O. The van der Waals surface area contributed by atoms with E-state index < -0.39 is 23.8 Å². The largest absolute Gasteiger partial charge is 0.480 e. The van der Waals surface area contributed by atoms with E-state index in [4.69, 9.17) is 0 Å². The van der Waals surface area contributed by atoms with Crippen LogP contribution >= 0.6 is 0 Å². The van der Waals surface area contributed by atoms with Crippen LogP contribution in [0.2, 0.25) is 0 Å². The normalized spacial score (nSPS) is 12.7. The average Bonchev–Trinajstić information content (AvgIpc) is 2.44. The highest BCUT2D eigenvalue weighted by Gasteiger charge is 2.31. The zero-order chi connectivity index (χ0) is 17.5. The predicted octanol–water partition coefficient (Wildman–Crippen LogP) is 5.02. The van der Waals surface area contributed by atoms with Crippen LogP contribution in [-0.2, 0) is 11.0 Å². The maximum Gasteiger partial charge on any atom is 0.416 e. The number of benzene rings is 1. The molecule has 1 unspecified atom stereocenters. The third kappa shape index (κ3) is 6.76. The van der Waals surface area contributed by atoms with Gasteiger partial charge < -0.3 is 10.4 Å². The molecule has 1 aromatic rings. The fourth-order valence-electron chi connectivity index (χ4n) is 2.30. The van der Waals surface area contributed by atoms with Crippen LogP contribution in [0.15, 0.2) is 30.9 Å². The van der Waals surface area contributed by atoms with E-state index in [1.807, 2.05) is 0 Å². The number of aliphatic carboxylic acids is 1. The van der Waals surface area contributed by atoms with E-state index in [9.17, 15) is 23.1 Å². The third-order valence-corrected chi connectivity index (χ3v) is 3.44. The molecule has 2 N–H and O–H groups in total. The van der Waals surface area contributed by atoms with Crippen molar-refractivity contribution >= 4 is 11.7 Å². The summed E-state index contributed by atoms with van der Waals surface area (Å²) in [7, 11) is 0. The summed E-state index contributed by atoms with van der Waals surface area (Å²) in [6, 6.07) is 2.60. The molecule has 0 saturated heterocycles. The first kappa shape index (κ1) is 19.1. The first-order valence-corrected chi connectivity index (χ1v) is 7.53. The number of anilines is 1. The van der Waals surface area contributed by atoms with Crippen molar-refractivity contribution in [2.24, 2.45) is 0 Å². The van der Waals surface area contributed by atoms with Crippen molar-refractivity contribution in [3.05, 3.63) is 42.0 Å². The number of hydrogen-bond donors (Lipinski definition) is 2. The second-order valence-corrected chi connectivity index (χ2v) is 5.55. The molecule has 0 bridgehead atoms. The number of unbranched alkanes of at least 4 members (excludes halogenated alkanes) is 3. The second kappa shape index (κ2) is 8.60. The van der Waals surface area contributed by atoms with E-state index in [0.717, 1.165) is 31.4 Å². The summed E-state index contributed by atoms with van der Waals surface area (Å²) < 4.78 is 38.4. The molecule has 1 aromatic carbocycles. The van der Waals surface area contributed by atoms with Gasteiger partial charge >= 0.3 is 12.1 Å². The standard InChI is InChI=1S/C17H22F3NO2/c1-3-4-5-6-7-8-15(16(22)23)21-14-10-12(2)9-13(11-14)17(18,19)20/h3,9-11,15,21H,1,4-8H2,2H3,(H,22,23). The summed E-state index contributed by atoms with van der Waals surface area (Å²) in [5.41, 5.74) is -0.177. The number of carboxylic acids is 1. The fraction of sp³-hybridized carbons (Fsp3) is 0.471. The molecule has 0 amide bonds. The number of carbonyl (C=O) groups is 1. The zero-order valence-corrected chi connectivity index (χ0v) is 13.1. The number of alkyl halides is 3. The predicted molar refractivity (Wildman–Crippen MR) is 84.5 cm³/mol. The average molecular weight is 329 g/mol. The van der Waals surface area contributed by atoms with Gasteiger partial charge in [0.05, 0.1) is 5.56 Å². The molecule has 0 saturated carbocycles. The minimum atomic E-state index is -4.45. The highest BCUT2D eigenvalue weighted by atomic mass is 19.4. The van der Waals surface area contributed by atoms with Gasteiger partial charge in [-0.05, 0) is 49.9 Å². The smallest absolute Gasteiger partial charge is 0.416 e. The molecule has 6 heteroatoms. The van der Waals surface area contributed by atoms with Crippen LogP contribution in [0, 0.1) is 6.92 Å². The molecule has 3 nitrogen and oxygen atoms in total. The molecule has 0 fully saturated rings. The van der Waals surface area contributed by atoms with Gasteiger partial charge in [0.15, 0.2) is 0 Å². The van der Waals surface area contributed by atoms with Gasteiger partial charge in [-0.3, -0.25) is 0 Å². The van der Waals surface area contributed by atoms with Gasteiger partial charge in [-0.15, -0.1) is 6.58 Å². The Bertz CT molecular complexity index is 541. The van der Waals surface area contributed by atoms with Gasteiger partial charge in [0.25, 0.3) is 0 Å². The van der Waals surface area contributed by atoms with E-state index in [1.54, 1.807) is 13.0 Å². The van der Waals surface area contributed by atoms with Gasteiger partial charge in [-0.2, -0.15) is 13.2 Å². The van der Waals surface area contributed by atoms with Crippen molar-refractivity contribution in [3.63, 3.8) is 0 Å². The van der Waals surface area contributed by atoms with Crippen LogP contribution in [0.5, 0.6) is 0 Å². The Morgan fingerprint density at radius 2 is 2.00 bits per heavy atom. The van der Waals surface area contributed by atoms with Crippen molar-refractivity contribution in [2.45, 2.75) is 51.2 Å². The summed E-state index contributed by atoms with van der Waals surface area (Å²) in [4.78, 5) is 11.3. The molecule has 0 heterocycles. The number of hydrogen-bond acceptors (Lipinski definition) is 2. The summed E-state index contributed by atoms with van der Waals surface area (Å²) >= 11 is 0. The van der Waals surface area contributed by atoms with Gasteiger partial charge in [-0.25, -0.2) is 4.79 Å². The quantitative estimate of drug-likeness (QED) is 0.494. The van der Waals surface area contributed by atoms with Crippen molar-refractivity contribution < 1.29 is 23.1 Å². The lowest BCUT2D eigenvalue weighted by atomic mass is 10.1. The van der Waals surface area contributed by atoms with E-state index in [1.165, 1.54) is 6.07 Å². The summed E-state index contributed by atoms with van der Waals surface area (Å²) in [5, 5.41) is 11.9. The van der Waals surface area contributed by atoms with Crippen molar-refractivity contribution in [1.82, 2.24) is 0 Å². The number of aryl methyl sites for hydroxylation is 1. The number of carboxylic acid groups (broad SMARTS) is 1. The lowest BCUT2D eigenvalue weighted by Crippen LogP contribution is -2.29. The molecule has 0 aliphatic carbocycles. The molecule has 0 aromatic heterocycles. The monoisotopic (exact) mass is 329 g/mol. The van der Waals surface area contributed by atoms with Crippen LogP contribution in [0.3, 0.4) is 0 Å². The Hall–Kier alpha value is -1.98.